The molecule has 0 aliphatic carbocycles. The minimum atomic E-state index is -0.478. The maximum absolute atomic E-state index is 12.6. The summed E-state index contributed by atoms with van der Waals surface area (Å²) in [6.45, 7) is 2.48. The van der Waals surface area contributed by atoms with Gasteiger partial charge in [0.15, 0.2) is 0 Å². The Morgan fingerprint density at radius 1 is 0.967 bits per heavy atom. The minimum Gasteiger partial charge on any atom is -0.494 e. The third kappa shape index (κ3) is 5.49. The van der Waals surface area contributed by atoms with E-state index in [1.54, 1.807) is 24.3 Å². The summed E-state index contributed by atoms with van der Waals surface area (Å²) in [5.41, 5.74) is 2.64. The number of carbonyl (C=O) groups is 1. The molecule has 0 aliphatic heterocycles. The molecule has 150 valence electrons. The van der Waals surface area contributed by atoms with Gasteiger partial charge in [0.2, 0.25) is 0 Å². The number of rotatable bonds is 8. The first kappa shape index (κ1) is 20.7. The van der Waals surface area contributed by atoms with Crippen LogP contribution < -0.4 is 15.4 Å². The molecule has 0 fully saturated rings. The maximum atomic E-state index is 12.6. The number of hydrogen-bond acceptors (Lipinski definition) is 4. The molecule has 1 amide bonds. The third-order valence-corrected chi connectivity index (χ3v) is 4.45. The first-order chi connectivity index (χ1) is 14.7. The standard InChI is InChI=1S/C25H23N3O2/c1-2-30-23-15-13-22(14-16-23)28-25(29)21(17-26)18-27-24(19-9-5-3-6-10-19)20-11-7-4-8-12-20/h3-16,18,24,27H,2H2,1H3,(H,28,29)/b21-18-. The summed E-state index contributed by atoms with van der Waals surface area (Å²) in [5.74, 6) is 0.246. The topological polar surface area (TPSA) is 74.1 Å². The van der Waals surface area contributed by atoms with Crippen LogP contribution in [0, 0.1) is 11.3 Å². The van der Waals surface area contributed by atoms with Gasteiger partial charge in [-0.3, -0.25) is 4.79 Å². The van der Waals surface area contributed by atoms with Gasteiger partial charge in [-0.2, -0.15) is 5.26 Å². The summed E-state index contributed by atoms with van der Waals surface area (Å²) in [6.07, 6.45) is 1.47. The van der Waals surface area contributed by atoms with E-state index in [0.29, 0.717) is 12.3 Å². The highest BCUT2D eigenvalue weighted by Gasteiger charge is 2.14. The molecule has 0 aromatic heterocycles. The molecule has 5 heteroatoms. The smallest absolute Gasteiger partial charge is 0.267 e. The lowest BCUT2D eigenvalue weighted by Crippen LogP contribution is -2.21. The molecular formula is C25H23N3O2. The molecule has 30 heavy (non-hydrogen) atoms. The van der Waals surface area contributed by atoms with Crippen LogP contribution in [0.1, 0.15) is 24.1 Å². The van der Waals surface area contributed by atoms with Crippen molar-refractivity contribution in [1.82, 2.24) is 5.32 Å². The molecule has 3 aromatic rings. The van der Waals surface area contributed by atoms with E-state index in [2.05, 4.69) is 10.6 Å². The van der Waals surface area contributed by atoms with Crippen LogP contribution in [0.25, 0.3) is 0 Å². The zero-order chi connectivity index (χ0) is 21.2. The zero-order valence-electron chi connectivity index (χ0n) is 16.7. The molecule has 0 unspecified atom stereocenters. The number of hydrogen-bond donors (Lipinski definition) is 2. The molecule has 3 rings (SSSR count). The predicted molar refractivity (Wildman–Crippen MR) is 118 cm³/mol. The maximum Gasteiger partial charge on any atom is 0.267 e. The van der Waals surface area contributed by atoms with Gasteiger partial charge >= 0.3 is 0 Å². The van der Waals surface area contributed by atoms with Crippen LogP contribution in [0.4, 0.5) is 5.69 Å². The average Bonchev–Trinajstić information content (AvgIpc) is 2.79. The lowest BCUT2D eigenvalue weighted by Gasteiger charge is -2.19. The van der Waals surface area contributed by atoms with E-state index in [1.165, 1.54) is 6.20 Å². The van der Waals surface area contributed by atoms with Crippen LogP contribution in [0.15, 0.2) is 96.7 Å². The third-order valence-electron chi connectivity index (χ3n) is 4.45. The van der Waals surface area contributed by atoms with E-state index in [4.69, 9.17) is 4.74 Å². The van der Waals surface area contributed by atoms with Crippen molar-refractivity contribution >= 4 is 11.6 Å². The summed E-state index contributed by atoms with van der Waals surface area (Å²) in [6, 6.07) is 28.6. The number of carbonyl (C=O) groups excluding carboxylic acids is 1. The number of ether oxygens (including phenoxy) is 1. The number of nitriles is 1. The molecule has 0 saturated heterocycles. The Morgan fingerprint density at radius 2 is 1.53 bits per heavy atom. The largest absolute Gasteiger partial charge is 0.494 e. The van der Waals surface area contributed by atoms with Crippen molar-refractivity contribution in [2.75, 3.05) is 11.9 Å². The van der Waals surface area contributed by atoms with E-state index in [-0.39, 0.29) is 11.6 Å². The summed E-state index contributed by atoms with van der Waals surface area (Å²) in [7, 11) is 0. The van der Waals surface area contributed by atoms with E-state index in [1.807, 2.05) is 73.7 Å². The lowest BCUT2D eigenvalue weighted by molar-refractivity contribution is -0.112. The molecule has 0 bridgehead atoms. The summed E-state index contributed by atoms with van der Waals surface area (Å²) < 4.78 is 5.40. The number of benzene rings is 3. The Bertz CT molecular complexity index is 984. The number of anilines is 1. The van der Waals surface area contributed by atoms with E-state index < -0.39 is 5.91 Å². The van der Waals surface area contributed by atoms with Gasteiger partial charge in [-0.25, -0.2) is 0 Å². The highest BCUT2D eigenvalue weighted by molar-refractivity contribution is 6.06. The SMILES string of the molecule is CCOc1ccc(NC(=O)/C(C#N)=C\NC(c2ccccc2)c2ccccc2)cc1. The quantitative estimate of drug-likeness (QED) is 0.423. The molecule has 0 atom stereocenters. The van der Waals surface area contributed by atoms with Gasteiger partial charge in [-0.05, 0) is 42.3 Å². The summed E-state index contributed by atoms with van der Waals surface area (Å²) >= 11 is 0. The fourth-order valence-corrected chi connectivity index (χ4v) is 2.99. The predicted octanol–water partition coefficient (Wildman–Crippen LogP) is 4.81. The molecule has 0 heterocycles. The molecule has 0 aliphatic rings. The van der Waals surface area contributed by atoms with Crippen LogP contribution in [-0.4, -0.2) is 12.5 Å². The molecule has 2 N–H and O–H groups in total. The summed E-state index contributed by atoms with van der Waals surface area (Å²) in [5, 5.41) is 15.5. The van der Waals surface area contributed by atoms with Crippen LogP contribution in [0.2, 0.25) is 0 Å². The van der Waals surface area contributed by atoms with Crippen LogP contribution in [0.5, 0.6) is 5.75 Å². The fourth-order valence-electron chi connectivity index (χ4n) is 2.99. The number of nitrogens with zero attached hydrogens (tertiary/aromatic N) is 1. The van der Waals surface area contributed by atoms with Crippen molar-refractivity contribution in [3.63, 3.8) is 0 Å². The van der Waals surface area contributed by atoms with E-state index >= 15 is 0 Å². The highest BCUT2D eigenvalue weighted by Crippen LogP contribution is 2.22. The second-order valence-corrected chi connectivity index (χ2v) is 6.50. The van der Waals surface area contributed by atoms with Crippen LogP contribution in [-0.2, 0) is 4.79 Å². The van der Waals surface area contributed by atoms with Crippen LogP contribution >= 0.6 is 0 Å². The van der Waals surface area contributed by atoms with Gasteiger partial charge in [0.05, 0.1) is 12.6 Å². The van der Waals surface area contributed by atoms with Crippen molar-refractivity contribution in [2.24, 2.45) is 0 Å². The van der Waals surface area contributed by atoms with Crippen LogP contribution in [0.3, 0.4) is 0 Å². The monoisotopic (exact) mass is 397 g/mol. The molecule has 0 spiro atoms. The minimum absolute atomic E-state index is 0.0132. The Hall–Kier alpha value is -4.04. The number of nitrogens with one attached hydrogen (secondary N) is 2. The Balaban J connectivity index is 1.76. The number of amides is 1. The first-order valence-corrected chi connectivity index (χ1v) is 9.71. The second kappa shape index (κ2) is 10.5. The zero-order valence-corrected chi connectivity index (χ0v) is 16.7. The van der Waals surface area contributed by atoms with E-state index in [0.717, 1.165) is 16.9 Å². The van der Waals surface area contributed by atoms with Gasteiger partial charge in [0, 0.05) is 11.9 Å². The highest BCUT2D eigenvalue weighted by atomic mass is 16.5. The first-order valence-electron chi connectivity index (χ1n) is 9.71. The summed E-state index contributed by atoms with van der Waals surface area (Å²) in [4.78, 5) is 12.6. The lowest BCUT2D eigenvalue weighted by atomic mass is 9.99. The van der Waals surface area contributed by atoms with Gasteiger partial charge in [0.25, 0.3) is 5.91 Å². The Kier molecular flexibility index (Phi) is 7.23. The van der Waals surface area contributed by atoms with Gasteiger partial charge in [0.1, 0.15) is 17.4 Å². The van der Waals surface area contributed by atoms with Gasteiger partial charge in [-0.1, -0.05) is 60.7 Å². The van der Waals surface area contributed by atoms with Crippen molar-refractivity contribution in [1.29, 1.82) is 5.26 Å². The molecule has 0 saturated carbocycles. The van der Waals surface area contributed by atoms with Gasteiger partial charge < -0.3 is 15.4 Å². The average molecular weight is 397 g/mol. The molecular weight excluding hydrogens is 374 g/mol. The molecule has 3 aromatic carbocycles. The normalized spacial score (nSPS) is 10.9. The van der Waals surface area contributed by atoms with Gasteiger partial charge in [-0.15, -0.1) is 0 Å². The Morgan fingerprint density at radius 3 is 2.03 bits per heavy atom. The van der Waals surface area contributed by atoms with Crippen molar-refractivity contribution in [2.45, 2.75) is 13.0 Å². The molecule has 0 radical (unpaired) electrons. The van der Waals surface area contributed by atoms with Crippen molar-refractivity contribution < 1.29 is 9.53 Å². The Labute approximate surface area is 176 Å². The van der Waals surface area contributed by atoms with Crippen molar-refractivity contribution in [3.05, 3.63) is 108 Å². The van der Waals surface area contributed by atoms with Crippen molar-refractivity contribution in [3.8, 4) is 11.8 Å². The molecule has 5 nitrogen and oxygen atoms in total. The van der Waals surface area contributed by atoms with E-state index in [9.17, 15) is 10.1 Å². The second-order valence-electron chi connectivity index (χ2n) is 6.50. The fraction of sp³-hybridized carbons (Fsp3) is 0.120.